The summed E-state index contributed by atoms with van der Waals surface area (Å²) in [6.07, 6.45) is 0.269. The Hall–Kier alpha value is -3.50. The van der Waals surface area contributed by atoms with Gasteiger partial charge in [-0.2, -0.15) is 0 Å². The van der Waals surface area contributed by atoms with E-state index in [1.807, 2.05) is 4.90 Å². The minimum absolute atomic E-state index is 0.240. The summed E-state index contributed by atoms with van der Waals surface area (Å²) in [6, 6.07) is 7.84. The van der Waals surface area contributed by atoms with E-state index >= 15 is 0 Å². The first-order valence-corrected chi connectivity index (χ1v) is 12.0. The summed E-state index contributed by atoms with van der Waals surface area (Å²) in [5, 5.41) is 13.1. The van der Waals surface area contributed by atoms with E-state index in [1.54, 1.807) is 11.0 Å². The second-order valence-corrected chi connectivity index (χ2v) is 9.09. The molecule has 2 aliphatic heterocycles. The Morgan fingerprint density at radius 1 is 1.06 bits per heavy atom. The van der Waals surface area contributed by atoms with Crippen molar-refractivity contribution in [2.24, 2.45) is 0 Å². The first-order valence-electron chi connectivity index (χ1n) is 12.0. The molecule has 0 spiro atoms. The van der Waals surface area contributed by atoms with Crippen molar-refractivity contribution < 1.29 is 27.8 Å². The molecule has 2 fully saturated rings. The Labute approximate surface area is 206 Å². The van der Waals surface area contributed by atoms with Crippen molar-refractivity contribution in [1.82, 2.24) is 4.90 Å². The van der Waals surface area contributed by atoms with Crippen molar-refractivity contribution in [3.8, 4) is 0 Å². The molecule has 10 heteroatoms. The fourth-order valence-corrected chi connectivity index (χ4v) is 4.67. The number of benzene rings is 2. The average molecular weight is 500 g/mol. The van der Waals surface area contributed by atoms with Crippen LogP contribution in [0.4, 0.5) is 20.4 Å². The minimum atomic E-state index is -0.690. The lowest BCUT2D eigenvalue weighted by molar-refractivity contribution is 0.0765. The van der Waals surface area contributed by atoms with Crippen molar-refractivity contribution in [3.63, 3.8) is 0 Å². The summed E-state index contributed by atoms with van der Waals surface area (Å²) >= 11 is 0. The van der Waals surface area contributed by atoms with Gasteiger partial charge in [0.25, 0.3) is 5.91 Å². The Balaban J connectivity index is 1.49. The van der Waals surface area contributed by atoms with Gasteiger partial charge >= 0.3 is 0 Å². The molecule has 1 atom stereocenters. The second kappa shape index (κ2) is 10.2. The summed E-state index contributed by atoms with van der Waals surface area (Å²) in [5.41, 5.74) is 1.33. The third-order valence-electron chi connectivity index (χ3n) is 6.50. The zero-order valence-electron chi connectivity index (χ0n) is 19.6. The van der Waals surface area contributed by atoms with Crippen molar-refractivity contribution in [2.75, 3.05) is 56.2 Å². The standard InChI is InChI=1S/C26H27F2N3O5/c27-18-11-19(28)13-20(12-18)29-3-1-16-9-17(26(34)31-4-2-21(32)15-31)10-22-23(33)14-24(36-25(16)22)30-5-7-35-8-6-30/h9-14,21,29,32H,1-8,15H2/t21-/m0/s1. The summed E-state index contributed by atoms with van der Waals surface area (Å²) in [4.78, 5) is 29.8. The predicted octanol–water partition coefficient (Wildman–Crippen LogP) is 2.77. The number of nitrogens with zero attached hydrogens (tertiary/aromatic N) is 2. The highest BCUT2D eigenvalue weighted by Crippen LogP contribution is 2.27. The molecule has 3 aromatic rings. The molecule has 5 rings (SSSR count). The molecule has 0 aliphatic carbocycles. The van der Waals surface area contributed by atoms with Gasteiger partial charge < -0.3 is 29.4 Å². The zero-order valence-corrected chi connectivity index (χ0v) is 19.6. The van der Waals surface area contributed by atoms with E-state index in [4.69, 9.17) is 9.15 Å². The van der Waals surface area contributed by atoms with Gasteiger partial charge in [-0.25, -0.2) is 8.78 Å². The number of aliphatic hydroxyl groups is 1. The number of rotatable bonds is 6. The summed E-state index contributed by atoms with van der Waals surface area (Å²) in [7, 11) is 0. The molecule has 36 heavy (non-hydrogen) atoms. The van der Waals surface area contributed by atoms with Gasteiger partial charge in [-0.1, -0.05) is 0 Å². The highest BCUT2D eigenvalue weighted by atomic mass is 19.1. The van der Waals surface area contributed by atoms with Crippen LogP contribution in [0.2, 0.25) is 0 Å². The Morgan fingerprint density at radius 3 is 2.50 bits per heavy atom. The number of carbonyl (C=O) groups is 1. The number of carbonyl (C=O) groups excluding carboxylic acids is 1. The lowest BCUT2D eigenvalue weighted by atomic mass is 10.0. The number of likely N-dealkylation sites (tertiary alicyclic amines) is 1. The molecule has 190 valence electrons. The Morgan fingerprint density at radius 2 is 1.81 bits per heavy atom. The number of fused-ring (bicyclic) bond motifs is 1. The van der Waals surface area contributed by atoms with Crippen LogP contribution in [0.3, 0.4) is 0 Å². The van der Waals surface area contributed by atoms with E-state index in [-0.39, 0.29) is 35.5 Å². The fraction of sp³-hybridized carbons (Fsp3) is 0.385. The van der Waals surface area contributed by atoms with Crippen LogP contribution in [-0.4, -0.2) is 68.0 Å². The van der Waals surface area contributed by atoms with E-state index in [0.29, 0.717) is 68.3 Å². The summed E-state index contributed by atoms with van der Waals surface area (Å²) in [6.45, 7) is 3.18. The van der Waals surface area contributed by atoms with Crippen LogP contribution in [0.5, 0.6) is 0 Å². The van der Waals surface area contributed by atoms with Gasteiger partial charge in [0.15, 0.2) is 11.3 Å². The number of anilines is 2. The van der Waals surface area contributed by atoms with E-state index in [2.05, 4.69) is 5.32 Å². The molecular formula is C26H27F2N3O5. The Kier molecular flexibility index (Phi) is 6.88. The maximum atomic E-state index is 13.6. The number of morpholine rings is 1. The van der Waals surface area contributed by atoms with E-state index in [1.165, 1.54) is 24.3 Å². The highest BCUT2D eigenvalue weighted by Gasteiger charge is 2.27. The summed E-state index contributed by atoms with van der Waals surface area (Å²) in [5.74, 6) is -1.22. The average Bonchev–Trinajstić information content (AvgIpc) is 3.30. The molecule has 1 aromatic heterocycles. The van der Waals surface area contributed by atoms with Crippen molar-refractivity contribution in [3.05, 3.63) is 69.4 Å². The number of hydrogen-bond donors (Lipinski definition) is 2. The lowest BCUT2D eigenvalue weighted by Gasteiger charge is -2.27. The number of ether oxygens (including phenoxy) is 1. The van der Waals surface area contributed by atoms with E-state index in [0.717, 1.165) is 6.07 Å². The molecule has 0 saturated carbocycles. The maximum absolute atomic E-state index is 13.6. The third kappa shape index (κ3) is 5.19. The molecule has 2 saturated heterocycles. The monoisotopic (exact) mass is 499 g/mol. The summed E-state index contributed by atoms with van der Waals surface area (Å²) < 4.78 is 38.7. The number of nitrogens with one attached hydrogen (secondary N) is 1. The van der Waals surface area contributed by atoms with E-state index in [9.17, 15) is 23.5 Å². The minimum Gasteiger partial charge on any atom is -0.440 e. The molecular weight excluding hydrogens is 472 g/mol. The van der Waals surface area contributed by atoms with Gasteiger partial charge in [-0.15, -0.1) is 0 Å². The van der Waals surface area contributed by atoms with Gasteiger partial charge in [-0.3, -0.25) is 9.59 Å². The largest absolute Gasteiger partial charge is 0.440 e. The van der Waals surface area contributed by atoms with Crippen LogP contribution in [0, 0.1) is 11.6 Å². The molecule has 2 aromatic carbocycles. The first kappa shape index (κ1) is 24.2. The first-order chi connectivity index (χ1) is 17.4. The number of aliphatic hydroxyl groups excluding tert-OH is 1. The van der Waals surface area contributed by atoms with Gasteiger partial charge in [0.2, 0.25) is 0 Å². The maximum Gasteiger partial charge on any atom is 0.253 e. The molecule has 1 amide bonds. The van der Waals surface area contributed by atoms with Gasteiger partial charge in [0.05, 0.1) is 24.7 Å². The van der Waals surface area contributed by atoms with Gasteiger partial charge in [0.1, 0.15) is 17.2 Å². The molecule has 0 radical (unpaired) electrons. The van der Waals surface area contributed by atoms with Crippen molar-refractivity contribution in [1.29, 1.82) is 0 Å². The van der Waals surface area contributed by atoms with Gasteiger partial charge in [0, 0.05) is 56.1 Å². The smallest absolute Gasteiger partial charge is 0.253 e. The topological polar surface area (TPSA) is 95.2 Å². The van der Waals surface area contributed by atoms with Crippen LogP contribution >= 0.6 is 0 Å². The number of halogens is 2. The lowest BCUT2D eigenvalue weighted by Crippen LogP contribution is -2.36. The number of β-amino-alcohol motifs (C(OH)–C–C–N with tert-alkyl or cyclic N) is 1. The number of amides is 1. The van der Waals surface area contributed by atoms with E-state index < -0.39 is 17.7 Å². The third-order valence-corrected chi connectivity index (χ3v) is 6.50. The number of hydrogen-bond acceptors (Lipinski definition) is 7. The normalized spacial score (nSPS) is 18.1. The predicted molar refractivity (Wildman–Crippen MR) is 131 cm³/mol. The van der Waals surface area contributed by atoms with Crippen molar-refractivity contribution in [2.45, 2.75) is 18.9 Å². The quantitative estimate of drug-likeness (QED) is 0.539. The van der Waals surface area contributed by atoms with Crippen LogP contribution in [0.15, 0.2) is 45.6 Å². The van der Waals surface area contributed by atoms with Crippen LogP contribution < -0.4 is 15.6 Å². The second-order valence-electron chi connectivity index (χ2n) is 9.09. The molecule has 2 N–H and O–H groups in total. The molecule has 2 aliphatic rings. The molecule has 3 heterocycles. The molecule has 8 nitrogen and oxygen atoms in total. The van der Waals surface area contributed by atoms with Crippen LogP contribution in [0.1, 0.15) is 22.3 Å². The fourth-order valence-electron chi connectivity index (χ4n) is 4.67. The van der Waals surface area contributed by atoms with Crippen LogP contribution in [0.25, 0.3) is 11.0 Å². The van der Waals surface area contributed by atoms with Gasteiger partial charge in [-0.05, 0) is 42.7 Å². The zero-order chi connectivity index (χ0) is 25.2. The SMILES string of the molecule is O=C(c1cc(CCNc2cc(F)cc(F)c2)c2oc(N3CCOCC3)cc(=O)c2c1)N1CC[C@H](O)C1. The van der Waals surface area contributed by atoms with Crippen LogP contribution in [-0.2, 0) is 11.2 Å². The van der Waals surface area contributed by atoms with Crippen molar-refractivity contribution >= 4 is 28.4 Å². The molecule has 0 bridgehead atoms. The molecule has 0 unspecified atom stereocenters. The highest BCUT2D eigenvalue weighted by molar-refractivity contribution is 5.99. The Bertz CT molecular complexity index is 1320.